The Labute approximate surface area is 229 Å². The molecule has 8 nitrogen and oxygen atoms in total. The molecule has 0 aliphatic rings. The van der Waals surface area contributed by atoms with Crippen molar-refractivity contribution in [2.24, 2.45) is 0 Å². The second-order valence-corrected chi connectivity index (χ2v) is 9.45. The molecule has 0 spiro atoms. The molecule has 2 heterocycles. The third kappa shape index (κ3) is 5.37. The van der Waals surface area contributed by atoms with Crippen LogP contribution in [0.4, 0.5) is 11.4 Å². The zero-order valence-corrected chi connectivity index (χ0v) is 21.8. The molecule has 8 heteroatoms. The molecule has 0 saturated carbocycles. The van der Waals surface area contributed by atoms with Gasteiger partial charge < -0.3 is 19.5 Å². The largest absolute Gasteiger partial charge is 0.436 e. The van der Waals surface area contributed by atoms with E-state index in [1.807, 2.05) is 74.5 Å². The Morgan fingerprint density at radius 3 is 1.40 bits per heavy atom. The van der Waals surface area contributed by atoms with Gasteiger partial charge in [0.2, 0.25) is 23.6 Å². The SMILES string of the molecule is Cc1ccc2oc(-c3ccc(NC(=O)/C=C/C(=O)Nc4ccc(-c5nc6cc(C)ccc6o5)cc4)cc3)nc2c1. The highest BCUT2D eigenvalue weighted by Gasteiger charge is 2.10. The number of rotatable bonds is 6. The third-order valence-electron chi connectivity index (χ3n) is 6.27. The molecule has 0 atom stereocenters. The molecule has 40 heavy (non-hydrogen) atoms. The lowest BCUT2D eigenvalue weighted by atomic mass is 10.2. The van der Waals surface area contributed by atoms with Gasteiger partial charge in [-0.1, -0.05) is 12.1 Å². The Bertz CT molecular complexity index is 1760. The molecule has 0 saturated heterocycles. The molecule has 6 rings (SSSR count). The molecule has 0 aliphatic carbocycles. The second kappa shape index (κ2) is 10.3. The van der Waals surface area contributed by atoms with Crippen LogP contribution in [-0.2, 0) is 9.59 Å². The maximum absolute atomic E-state index is 12.3. The normalized spacial score (nSPS) is 11.3. The summed E-state index contributed by atoms with van der Waals surface area (Å²) in [6.07, 6.45) is 2.36. The van der Waals surface area contributed by atoms with Gasteiger partial charge in [-0.25, -0.2) is 9.97 Å². The molecule has 4 aromatic carbocycles. The van der Waals surface area contributed by atoms with E-state index in [-0.39, 0.29) is 0 Å². The van der Waals surface area contributed by atoms with Crippen molar-refractivity contribution >= 4 is 45.4 Å². The third-order valence-corrected chi connectivity index (χ3v) is 6.27. The van der Waals surface area contributed by atoms with Gasteiger partial charge >= 0.3 is 0 Å². The molecule has 0 bridgehead atoms. The van der Waals surface area contributed by atoms with E-state index < -0.39 is 11.8 Å². The van der Waals surface area contributed by atoms with Crippen LogP contribution in [0, 0.1) is 13.8 Å². The molecule has 0 unspecified atom stereocenters. The van der Waals surface area contributed by atoms with Crippen molar-refractivity contribution in [3.05, 3.63) is 108 Å². The lowest BCUT2D eigenvalue weighted by molar-refractivity contribution is -0.114. The lowest BCUT2D eigenvalue weighted by Gasteiger charge is -2.04. The average Bonchev–Trinajstić information content (AvgIpc) is 3.56. The Morgan fingerprint density at radius 2 is 1.00 bits per heavy atom. The lowest BCUT2D eigenvalue weighted by Crippen LogP contribution is -2.12. The monoisotopic (exact) mass is 528 g/mol. The van der Waals surface area contributed by atoms with E-state index in [0.29, 0.717) is 23.2 Å². The Morgan fingerprint density at radius 1 is 0.600 bits per heavy atom. The maximum atomic E-state index is 12.3. The van der Waals surface area contributed by atoms with Gasteiger partial charge in [-0.3, -0.25) is 9.59 Å². The van der Waals surface area contributed by atoms with Gasteiger partial charge in [0, 0.05) is 34.7 Å². The molecule has 2 N–H and O–H groups in total. The van der Waals surface area contributed by atoms with Gasteiger partial charge in [-0.15, -0.1) is 0 Å². The van der Waals surface area contributed by atoms with Crippen molar-refractivity contribution in [2.75, 3.05) is 10.6 Å². The zero-order chi connectivity index (χ0) is 27.6. The minimum atomic E-state index is -0.429. The summed E-state index contributed by atoms with van der Waals surface area (Å²) in [7, 11) is 0. The number of nitrogens with zero attached hydrogens (tertiary/aromatic N) is 2. The first-order valence-corrected chi connectivity index (χ1v) is 12.6. The quantitative estimate of drug-likeness (QED) is 0.224. The number of aromatic nitrogens is 2. The van der Waals surface area contributed by atoms with Crippen LogP contribution in [-0.4, -0.2) is 21.8 Å². The number of amides is 2. The number of benzene rings is 4. The van der Waals surface area contributed by atoms with Crippen LogP contribution in [0.2, 0.25) is 0 Å². The van der Waals surface area contributed by atoms with E-state index in [0.717, 1.165) is 44.5 Å². The smallest absolute Gasteiger partial charge is 0.248 e. The van der Waals surface area contributed by atoms with E-state index >= 15 is 0 Å². The zero-order valence-electron chi connectivity index (χ0n) is 21.8. The molecule has 2 aromatic heterocycles. The van der Waals surface area contributed by atoms with E-state index in [1.165, 1.54) is 12.2 Å². The number of hydrogen-bond donors (Lipinski definition) is 2. The highest BCUT2D eigenvalue weighted by molar-refractivity contribution is 6.07. The molecular formula is C32H24N4O4. The number of anilines is 2. The van der Waals surface area contributed by atoms with Crippen molar-refractivity contribution in [2.45, 2.75) is 13.8 Å². The second-order valence-electron chi connectivity index (χ2n) is 9.45. The topological polar surface area (TPSA) is 110 Å². The van der Waals surface area contributed by atoms with Gasteiger partial charge in [0.1, 0.15) is 11.0 Å². The number of fused-ring (bicyclic) bond motifs is 2. The summed E-state index contributed by atoms with van der Waals surface area (Å²) < 4.78 is 11.7. The van der Waals surface area contributed by atoms with Crippen LogP contribution in [0.5, 0.6) is 0 Å². The Balaban J connectivity index is 1.04. The predicted molar refractivity (Wildman–Crippen MR) is 155 cm³/mol. The van der Waals surface area contributed by atoms with Gasteiger partial charge in [-0.05, 0) is 97.8 Å². The van der Waals surface area contributed by atoms with Crippen molar-refractivity contribution in [1.82, 2.24) is 9.97 Å². The fraction of sp³-hybridized carbons (Fsp3) is 0.0625. The van der Waals surface area contributed by atoms with Crippen LogP contribution >= 0.6 is 0 Å². The summed E-state index contributed by atoms with van der Waals surface area (Å²) in [6, 6.07) is 25.9. The summed E-state index contributed by atoms with van der Waals surface area (Å²) in [5, 5.41) is 5.48. The van der Waals surface area contributed by atoms with Crippen LogP contribution < -0.4 is 10.6 Å². The number of carbonyl (C=O) groups is 2. The Hall–Kier alpha value is -5.50. The van der Waals surface area contributed by atoms with E-state index in [1.54, 1.807) is 24.3 Å². The van der Waals surface area contributed by atoms with Crippen molar-refractivity contribution in [3.63, 3.8) is 0 Å². The number of nitrogens with one attached hydrogen (secondary N) is 2. The van der Waals surface area contributed by atoms with E-state index in [4.69, 9.17) is 8.83 Å². The summed E-state index contributed by atoms with van der Waals surface area (Å²) in [4.78, 5) is 33.8. The molecular weight excluding hydrogens is 504 g/mol. The number of hydrogen-bond acceptors (Lipinski definition) is 6. The van der Waals surface area contributed by atoms with Gasteiger partial charge in [0.15, 0.2) is 11.2 Å². The van der Waals surface area contributed by atoms with Crippen molar-refractivity contribution in [1.29, 1.82) is 0 Å². The molecule has 0 aliphatic heterocycles. The first kappa shape index (κ1) is 24.8. The minimum Gasteiger partial charge on any atom is -0.436 e. The van der Waals surface area contributed by atoms with Crippen LogP contribution in [0.3, 0.4) is 0 Å². The minimum absolute atomic E-state index is 0.429. The first-order valence-electron chi connectivity index (χ1n) is 12.6. The highest BCUT2D eigenvalue weighted by Crippen LogP contribution is 2.27. The van der Waals surface area contributed by atoms with Gasteiger partial charge in [0.25, 0.3) is 0 Å². The van der Waals surface area contributed by atoms with E-state index in [2.05, 4.69) is 20.6 Å². The fourth-order valence-corrected chi connectivity index (χ4v) is 4.23. The Kier molecular flexibility index (Phi) is 6.41. The highest BCUT2D eigenvalue weighted by atomic mass is 16.4. The molecule has 2 amide bonds. The summed E-state index contributed by atoms with van der Waals surface area (Å²) in [5.41, 5.74) is 7.99. The van der Waals surface area contributed by atoms with Crippen molar-refractivity contribution in [3.8, 4) is 22.9 Å². The number of oxazole rings is 2. The molecule has 0 radical (unpaired) electrons. The summed E-state index contributed by atoms with van der Waals surface area (Å²) >= 11 is 0. The average molecular weight is 529 g/mol. The number of aryl methyl sites for hydroxylation is 2. The van der Waals surface area contributed by atoms with Gasteiger partial charge in [-0.2, -0.15) is 0 Å². The first-order chi connectivity index (χ1) is 19.4. The summed E-state index contributed by atoms with van der Waals surface area (Å²) in [6.45, 7) is 4.01. The van der Waals surface area contributed by atoms with Crippen molar-refractivity contribution < 1.29 is 18.4 Å². The van der Waals surface area contributed by atoms with E-state index in [9.17, 15) is 9.59 Å². The molecule has 0 fully saturated rings. The fourth-order valence-electron chi connectivity index (χ4n) is 4.23. The maximum Gasteiger partial charge on any atom is 0.248 e. The molecule has 196 valence electrons. The van der Waals surface area contributed by atoms with Crippen LogP contribution in [0.15, 0.2) is 106 Å². The summed E-state index contributed by atoms with van der Waals surface area (Å²) in [5.74, 6) is 0.155. The van der Waals surface area contributed by atoms with Gasteiger partial charge in [0.05, 0.1) is 0 Å². The standard InChI is InChI=1S/C32H24N4O4/c1-19-3-13-27-25(17-19)35-31(39-27)21-5-9-23(10-6-21)33-29(37)15-16-30(38)34-24-11-7-22(8-12-24)32-36-26-18-20(2)4-14-28(26)40-32/h3-18H,1-2H3,(H,33,37)(H,34,38)/b16-15+. The predicted octanol–water partition coefficient (Wildman–Crippen LogP) is 7.05. The van der Waals surface area contributed by atoms with Crippen LogP contribution in [0.25, 0.3) is 45.1 Å². The molecule has 6 aromatic rings. The number of carbonyl (C=O) groups excluding carboxylic acids is 2. The van der Waals surface area contributed by atoms with Crippen LogP contribution in [0.1, 0.15) is 11.1 Å².